The zero-order chi connectivity index (χ0) is 18.1. The molecule has 1 aromatic heterocycles. The molecule has 10 heteroatoms. The fourth-order valence-corrected chi connectivity index (χ4v) is 4.74. The molecule has 0 amide bonds. The van der Waals surface area contributed by atoms with Gasteiger partial charge in [-0.1, -0.05) is 0 Å². The quantitative estimate of drug-likeness (QED) is 0.870. The number of pyridine rings is 1. The second-order valence-corrected chi connectivity index (χ2v) is 8.12. The van der Waals surface area contributed by atoms with Crippen LogP contribution in [0, 0.1) is 0 Å². The van der Waals surface area contributed by atoms with E-state index in [1.807, 2.05) is 4.90 Å². The molecule has 25 heavy (non-hydrogen) atoms. The van der Waals surface area contributed by atoms with Crippen molar-refractivity contribution < 1.29 is 21.6 Å². The number of anilines is 1. The van der Waals surface area contributed by atoms with Crippen LogP contribution in [-0.4, -0.2) is 49.9 Å². The lowest BCUT2D eigenvalue weighted by atomic mass is 10.1. The molecule has 2 aliphatic rings. The molecule has 1 unspecified atom stereocenters. The van der Waals surface area contributed by atoms with Gasteiger partial charge >= 0.3 is 6.18 Å². The maximum Gasteiger partial charge on any atom is 0.417 e. The van der Waals surface area contributed by atoms with Gasteiger partial charge in [0.25, 0.3) is 10.2 Å². The third kappa shape index (κ3) is 4.42. The van der Waals surface area contributed by atoms with Crippen LogP contribution in [0.25, 0.3) is 0 Å². The summed E-state index contributed by atoms with van der Waals surface area (Å²) >= 11 is 0. The van der Waals surface area contributed by atoms with E-state index in [4.69, 9.17) is 0 Å². The molecule has 1 atom stereocenters. The number of halogens is 3. The molecule has 0 radical (unpaired) electrons. The summed E-state index contributed by atoms with van der Waals surface area (Å²) < 4.78 is 66.7. The zero-order valence-corrected chi connectivity index (χ0v) is 14.5. The highest BCUT2D eigenvalue weighted by atomic mass is 32.2. The maximum atomic E-state index is 12.6. The summed E-state index contributed by atoms with van der Waals surface area (Å²) in [6.07, 6.45) is -0.422. The van der Waals surface area contributed by atoms with Gasteiger partial charge in [0.15, 0.2) is 0 Å². The van der Waals surface area contributed by atoms with E-state index in [0.717, 1.165) is 31.5 Å². The minimum absolute atomic E-state index is 0.275. The van der Waals surface area contributed by atoms with Gasteiger partial charge in [0.2, 0.25) is 0 Å². The molecule has 3 rings (SSSR count). The Balaban J connectivity index is 1.65. The molecule has 0 spiro atoms. The van der Waals surface area contributed by atoms with E-state index >= 15 is 0 Å². The van der Waals surface area contributed by atoms with Gasteiger partial charge < -0.3 is 4.90 Å². The van der Waals surface area contributed by atoms with Crippen molar-refractivity contribution in [1.29, 1.82) is 0 Å². The number of rotatable bonds is 4. The van der Waals surface area contributed by atoms with E-state index < -0.39 is 21.9 Å². The van der Waals surface area contributed by atoms with Crippen molar-refractivity contribution in [2.24, 2.45) is 0 Å². The average molecular weight is 378 g/mol. The predicted octanol–water partition coefficient (Wildman–Crippen LogP) is 2.00. The van der Waals surface area contributed by atoms with Crippen molar-refractivity contribution >= 4 is 16.0 Å². The average Bonchev–Trinajstić information content (AvgIpc) is 3.09. The first kappa shape index (κ1) is 18.4. The summed E-state index contributed by atoms with van der Waals surface area (Å²) in [5, 5.41) is 0. The van der Waals surface area contributed by atoms with Crippen molar-refractivity contribution in [3.63, 3.8) is 0 Å². The Morgan fingerprint density at radius 3 is 2.44 bits per heavy atom. The van der Waals surface area contributed by atoms with E-state index in [-0.39, 0.29) is 6.04 Å². The molecule has 2 aliphatic heterocycles. The smallest absolute Gasteiger partial charge is 0.355 e. The summed E-state index contributed by atoms with van der Waals surface area (Å²) in [4.78, 5) is 5.72. The molecule has 2 fully saturated rings. The van der Waals surface area contributed by atoms with E-state index in [1.165, 1.54) is 10.4 Å². The molecule has 2 saturated heterocycles. The molecule has 1 N–H and O–H groups in total. The van der Waals surface area contributed by atoms with Crippen LogP contribution in [0.5, 0.6) is 0 Å². The third-order valence-corrected chi connectivity index (χ3v) is 6.22. The zero-order valence-electron chi connectivity index (χ0n) is 13.7. The van der Waals surface area contributed by atoms with Gasteiger partial charge in [-0.2, -0.15) is 30.6 Å². The summed E-state index contributed by atoms with van der Waals surface area (Å²) in [5.41, 5.74) is -0.792. The number of piperidine rings is 1. The van der Waals surface area contributed by atoms with Crippen LogP contribution in [0.3, 0.4) is 0 Å². The minimum atomic E-state index is -4.42. The minimum Gasteiger partial charge on any atom is -0.355 e. The summed E-state index contributed by atoms with van der Waals surface area (Å²) in [6.45, 7) is 2.10. The number of nitrogens with zero attached hydrogens (tertiary/aromatic N) is 3. The molecule has 0 aromatic carbocycles. The van der Waals surface area contributed by atoms with Crippen LogP contribution in [0.1, 0.15) is 31.2 Å². The Bertz CT molecular complexity index is 688. The van der Waals surface area contributed by atoms with Crippen LogP contribution in [0.2, 0.25) is 0 Å². The predicted molar refractivity (Wildman–Crippen MR) is 87.3 cm³/mol. The topological polar surface area (TPSA) is 65.5 Å². The molecule has 0 aliphatic carbocycles. The number of alkyl halides is 3. The fraction of sp³-hybridized carbons (Fsp3) is 0.667. The van der Waals surface area contributed by atoms with E-state index in [0.29, 0.717) is 38.4 Å². The lowest BCUT2D eigenvalue weighted by Gasteiger charge is -2.34. The van der Waals surface area contributed by atoms with Gasteiger partial charge in [-0.3, -0.25) is 0 Å². The standard InChI is InChI=1S/C15H21F3N4O2S/c16-15(17,18)12-5-6-14(19-10-12)21-7-3-4-13(11-21)20-25(23,24)22-8-1-2-9-22/h5-6,10,13,20H,1-4,7-9,11H2. The Hall–Kier alpha value is -1.39. The molecule has 140 valence electrons. The molecule has 0 saturated carbocycles. The van der Waals surface area contributed by atoms with Crippen molar-refractivity contribution in [3.05, 3.63) is 23.9 Å². The van der Waals surface area contributed by atoms with Gasteiger partial charge in [-0.15, -0.1) is 0 Å². The highest BCUT2D eigenvalue weighted by molar-refractivity contribution is 7.87. The molecular weight excluding hydrogens is 357 g/mol. The molecule has 3 heterocycles. The first-order valence-corrected chi connectivity index (χ1v) is 9.75. The largest absolute Gasteiger partial charge is 0.417 e. The summed E-state index contributed by atoms with van der Waals surface area (Å²) in [5.74, 6) is 0.429. The van der Waals surface area contributed by atoms with E-state index in [1.54, 1.807) is 0 Å². The summed E-state index contributed by atoms with van der Waals surface area (Å²) in [7, 11) is -3.50. The van der Waals surface area contributed by atoms with Crippen LogP contribution in [0.4, 0.5) is 19.0 Å². The molecule has 1 aromatic rings. The lowest BCUT2D eigenvalue weighted by molar-refractivity contribution is -0.137. The SMILES string of the molecule is O=S(=O)(NC1CCCN(c2ccc(C(F)(F)F)cn2)C1)N1CCCC1. The summed E-state index contributed by atoms with van der Waals surface area (Å²) in [6, 6.07) is 2.06. The van der Waals surface area contributed by atoms with Crippen molar-refractivity contribution in [2.75, 3.05) is 31.1 Å². The number of nitrogens with one attached hydrogen (secondary N) is 1. The third-order valence-electron chi connectivity index (χ3n) is 4.54. The highest BCUT2D eigenvalue weighted by Crippen LogP contribution is 2.29. The van der Waals surface area contributed by atoms with E-state index in [9.17, 15) is 21.6 Å². The van der Waals surface area contributed by atoms with Gasteiger partial charge in [-0.25, -0.2) is 4.98 Å². The monoisotopic (exact) mass is 378 g/mol. The van der Waals surface area contributed by atoms with Gasteiger partial charge in [0, 0.05) is 38.4 Å². The van der Waals surface area contributed by atoms with Gasteiger partial charge in [0.05, 0.1) is 5.56 Å². The first-order chi connectivity index (χ1) is 11.8. The lowest BCUT2D eigenvalue weighted by Crippen LogP contribution is -2.51. The number of hydrogen-bond acceptors (Lipinski definition) is 4. The maximum absolute atomic E-state index is 12.6. The van der Waals surface area contributed by atoms with Crippen molar-refractivity contribution in [2.45, 2.75) is 37.9 Å². The Morgan fingerprint density at radius 1 is 1.12 bits per heavy atom. The van der Waals surface area contributed by atoms with Crippen LogP contribution >= 0.6 is 0 Å². The van der Waals surface area contributed by atoms with Crippen molar-refractivity contribution in [1.82, 2.24) is 14.0 Å². The Kier molecular flexibility index (Phi) is 5.21. The van der Waals surface area contributed by atoms with Crippen LogP contribution in [0.15, 0.2) is 18.3 Å². The molecule has 6 nitrogen and oxygen atoms in total. The van der Waals surface area contributed by atoms with Crippen LogP contribution < -0.4 is 9.62 Å². The first-order valence-electron chi connectivity index (χ1n) is 8.31. The molecule has 0 bridgehead atoms. The normalized spacial score (nSPS) is 23.2. The molecular formula is C15H21F3N4O2S. The number of aromatic nitrogens is 1. The van der Waals surface area contributed by atoms with Crippen LogP contribution in [-0.2, 0) is 16.4 Å². The second-order valence-electron chi connectivity index (χ2n) is 6.42. The number of hydrogen-bond donors (Lipinski definition) is 1. The fourth-order valence-electron chi connectivity index (χ4n) is 3.24. The highest BCUT2D eigenvalue weighted by Gasteiger charge is 2.32. The van der Waals surface area contributed by atoms with Gasteiger partial charge in [0.1, 0.15) is 5.82 Å². The van der Waals surface area contributed by atoms with Gasteiger partial charge in [-0.05, 0) is 37.8 Å². The van der Waals surface area contributed by atoms with Crippen molar-refractivity contribution in [3.8, 4) is 0 Å². The second kappa shape index (κ2) is 7.08. The Morgan fingerprint density at radius 2 is 1.84 bits per heavy atom. The Labute approximate surface area is 145 Å². The van der Waals surface area contributed by atoms with E-state index in [2.05, 4.69) is 9.71 Å².